The molecule has 0 bridgehead atoms. The Morgan fingerprint density at radius 1 is 1.00 bits per heavy atom. The zero-order valence-electron chi connectivity index (χ0n) is 13.6. The SMILES string of the molecule is COc1ccc([C@H](Br)[C@@H](Br)C(=O)c2ccc3c(c2)OCO3)cc1OC. The summed E-state index contributed by atoms with van der Waals surface area (Å²) in [7, 11) is 3.16. The van der Waals surface area contributed by atoms with Crippen LogP contribution in [-0.4, -0.2) is 31.6 Å². The molecule has 7 heteroatoms. The number of Topliss-reactive ketones (excluding diaryl/α,β-unsaturated/α-hetero) is 1. The number of alkyl halides is 2. The van der Waals surface area contributed by atoms with Crippen molar-refractivity contribution in [3.8, 4) is 23.0 Å². The van der Waals surface area contributed by atoms with Crippen LogP contribution in [0.15, 0.2) is 36.4 Å². The van der Waals surface area contributed by atoms with Gasteiger partial charge in [0.25, 0.3) is 0 Å². The molecule has 5 nitrogen and oxygen atoms in total. The summed E-state index contributed by atoms with van der Waals surface area (Å²) in [5, 5.41) is 0. The summed E-state index contributed by atoms with van der Waals surface area (Å²) in [6.45, 7) is 0.178. The largest absolute Gasteiger partial charge is 0.493 e. The number of ketones is 1. The molecular formula is C18H16Br2O5. The first-order chi connectivity index (χ1) is 12.0. The van der Waals surface area contributed by atoms with Crippen LogP contribution < -0.4 is 18.9 Å². The van der Waals surface area contributed by atoms with E-state index in [1.54, 1.807) is 32.4 Å². The van der Waals surface area contributed by atoms with E-state index in [9.17, 15) is 4.79 Å². The molecule has 0 aromatic heterocycles. The molecule has 3 rings (SSSR count). The van der Waals surface area contributed by atoms with Crippen molar-refractivity contribution in [3.05, 3.63) is 47.5 Å². The molecule has 0 amide bonds. The Bertz CT molecular complexity index is 793. The summed E-state index contributed by atoms with van der Waals surface area (Å²) in [5.74, 6) is 2.43. The predicted molar refractivity (Wildman–Crippen MR) is 101 cm³/mol. The number of ether oxygens (including phenoxy) is 4. The molecule has 2 aromatic carbocycles. The number of fused-ring (bicyclic) bond motifs is 1. The lowest BCUT2D eigenvalue weighted by molar-refractivity contribution is 0.0990. The molecule has 0 N–H and O–H groups in total. The Balaban J connectivity index is 1.82. The third-order valence-corrected chi connectivity index (χ3v) is 6.60. The summed E-state index contributed by atoms with van der Waals surface area (Å²) < 4.78 is 21.2. The van der Waals surface area contributed by atoms with E-state index in [-0.39, 0.29) is 17.4 Å². The van der Waals surface area contributed by atoms with E-state index in [1.807, 2.05) is 18.2 Å². The number of rotatable bonds is 6. The first kappa shape index (κ1) is 18.1. The quantitative estimate of drug-likeness (QED) is 0.458. The predicted octanol–water partition coefficient (Wildman–Crippen LogP) is 4.51. The van der Waals surface area contributed by atoms with Gasteiger partial charge in [0.05, 0.1) is 23.9 Å². The highest BCUT2D eigenvalue weighted by atomic mass is 79.9. The zero-order valence-corrected chi connectivity index (χ0v) is 16.8. The van der Waals surface area contributed by atoms with Crippen LogP contribution in [0.1, 0.15) is 20.7 Å². The second kappa shape index (κ2) is 7.66. The number of hydrogen-bond donors (Lipinski definition) is 0. The van der Waals surface area contributed by atoms with Crippen LogP contribution in [0.2, 0.25) is 0 Å². The molecular weight excluding hydrogens is 456 g/mol. The van der Waals surface area contributed by atoms with Crippen LogP contribution in [0.25, 0.3) is 0 Å². The Morgan fingerprint density at radius 3 is 2.44 bits per heavy atom. The number of hydrogen-bond acceptors (Lipinski definition) is 5. The van der Waals surface area contributed by atoms with Crippen molar-refractivity contribution in [1.82, 2.24) is 0 Å². The highest BCUT2D eigenvalue weighted by Crippen LogP contribution is 2.39. The van der Waals surface area contributed by atoms with Crippen molar-refractivity contribution in [2.45, 2.75) is 9.65 Å². The zero-order chi connectivity index (χ0) is 18.0. The van der Waals surface area contributed by atoms with Crippen molar-refractivity contribution in [3.63, 3.8) is 0 Å². The number of halogens is 2. The van der Waals surface area contributed by atoms with Gasteiger partial charge in [-0.1, -0.05) is 37.9 Å². The van der Waals surface area contributed by atoms with E-state index >= 15 is 0 Å². The molecule has 1 heterocycles. The van der Waals surface area contributed by atoms with Crippen molar-refractivity contribution < 1.29 is 23.7 Å². The van der Waals surface area contributed by atoms with Gasteiger partial charge < -0.3 is 18.9 Å². The minimum atomic E-state index is -0.467. The molecule has 1 aliphatic rings. The van der Waals surface area contributed by atoms with E-state index in [0.717, 1.165) is 5.56 Å². The maximum atomic E-state index is 12.8. The summed E-state index contributed by atoms with van der Waals surface area (Å²) in [6, 6.07) is 10.7. The van der Waals surface area contributed by atoms with Gasteiger partial charge in [0.2, 0.25) is 6.79 Å². The minimum absolute atomic E-state index is 0.0602. The maximum absolute atomic E-state index is 12.8. The van der Waals surface area contributed by atoms with Crippen molar-refractivity contribution in [2.24, 2.45) is 0 Å². The highest BCUT2D eigenvalue weighted by Gasteiger charge is 2.28. The van der Waals surface area contributed by atoms with E-state index < -0.39 is 4.83 Å². The van der Waals surface area contributed by atoms with Gasteiger partial charge in [0.1, 0.15) is 0 Å². The molecule has 2 aromatic rings. The monoisotopic (exact) mass is 470 g/mol. The number of benzene rings is 2. The Kier molecular flexibility index (Phi) is 5.54. The standard InChI is InChI=1S/C18H16Br2O5/c1-22-12-5-3-10(7-14(12)23-2)16(19)17(20)18(21)11-4-6-13-15(8-11)25-9-24-13/h3-8,16-17H,9H2,1-2H3/t16-,17+/m0/s1. The molecule has 0 fully saturated rings. The molecule has 0 unspecified atom stereocenters. The molecule has 0 radical (unpaired) electrons. The number of carbonyl (C=O) groups is 1. The van der Waals surface area contributed by atoms with Gasteiger partial charge in [-0.25, -0.2) is 0 Å². The molecule has 25 heavy (non-hydrogen) atoms. The van der Waals surface area contributed by atoms with Gasteiger partial charge in [0, 0.05) is 5.56 Å². The number of carbonyl (C=O) groups excluding carboxylic acids is 1. The normalized spacial score (nSPS) is 14.7. The highest BCUT2D eigenvalue weighted by molar-refractivity contribution is 9.12. The minimum Gasteiger partial charge on any atom is -0.493 e. The third kappa shape index (κ3) is 3.62. The average molecular weight is 472 g/mol. The summed E-state index contributed by atoms with van der Waals surface area (Å²) in [5.41, 5.74) is 1.45. The fourth-order valence-electron chi connectivity index (χ4n) is 2.54. The van der Waals surface area contributed by atoms with E-state index in [2.05, 4.69) is 31.9 Å². The van der Waals surface area contributed by atoms with Gasteiger partial charge in [-0.15, -0.1) is 0 Å². The molecule has 0 saturated heterocycles. The molecule has 0 aliphatic carbocycles. The summed E-state index contributed by atoms with van der Waals surface area (Å²) in [4.78, 5) is 12.1. The summed E-state index contributed by atoms with van der Waals surface area (Å²) >= 11 is 7.11. The van der Waals surface area contributed by atoms with Crippen LogP contribution in [0.4, 0.5) is 0 Å². The Morgan fingerprint density at radius 2 is 1.72 bits per heavy atom. The topological polar surface area (TPSA) is 54.0 Å². The lowest BCUT2D eigenvalue weighted by Crippen LogP contribution is -2.19. The lowest BCUT2D eigenvalue weighted by atomic mass is 10.0. The second-order valence-electron chi connectivity index (χ2n) is 5.35. The number of methoxy groups -OCH3 is 2. The van der Waals surface area contributed by atoms with E-state index in [4.69, 9.17) is 18.9 Å². The Hall–Kier alpha value is -1.73. The fourth-order valence-corrected chi connectivity index (χ4v) is 3.63. The van der Waals surface area contributed by atoms with Crippen molar-refractivity contribution in [2.75, 3.05) is 21.0 Å². The molecule has 2 atom stereocenters. The van der Waals surface area contributed by atoms with Crippen molar-refractivity contribution >= 4 is 37.6 Å². The average Bonchev–Trinajstić information content (AvgIpc) is 3.13. The van der Waals surface area contributed by atoms with Gasteiger partial charge >= 0.3 is 0 Å². The van der Waals surface area contributed by atoms with Crippen LogP contribution >= 0.6 is 31.9 Å². The van der Waals surface area contributed by atoms with Crippen molar-refractivity contribution in [1.29, 1.82) is 0 Å². The van der Waals surface area contributed by atoms with E-state index in [0.29, 0.717) is 28.6 Å². The van der Waals surface area contributed by atoms with Gasteiger partial charge in [-0.05, 0) is 35.9 Å². The first-order valence-corrected chi connectivity index (χ1v) is 9.32. The second-order valence-corrected chi connectivity index (χ2v) is 7.32. The fraction of sp³-hybridized carbons (Fsp3) is 0.278. The van der Waals surface area contributed by atoms with Crippen LogP contribution in [0.3, 0.4) is 0 Å². The molecule has 132 valence electrons. The van der Waals surface area contributed by atoms with Crippen LogP contribution in [-0.2, 0) is 0 Å². The molecule has 1 aliphatic heterocycles. The van der Waals surface area contributed by atoms with Crippen LogP contribution in [0.5, 0.6) is 23.0 Å². The van der Waals surface area contributed by atoms with Crippen LogP contribution in [0, 0.1) is 0 Å². The Labute approximate surface area is 162 Å². The van der Waals surface area contributed by atoms with E-state index in [1.165, 1.54) is 0 Å². The smallest absolute Gasteiger partial charge is 0.231 e. The summed E-state index contributed by atoms with van der Waals surface area (Å²) in [6.07, 6.45) is 0. The maximum Gasteiger partial charge on any atom is 0.231 e. The lowest BCUT2D eigenvalue weighted by Gasteiger charge is -2.18. The molecule has 0 spiro atoms. The van der Waals surface area contributed by atoms with Gasteiger partial charge in [-0.2, -0.15) is 0 Å². The van der Waals surface area contributed by atoms with Gasteiger partial charge in [-0.3, -0.25) is 4.79 Å². The first-order valence-electron chi connectivity index (χ1n) is 7.49. The molecule has 0 saturated carbocycles. The van der Waals surface area contributed by atoms with Gasteiger partial charge in [0.15, 0.2) is 28.8 Å². The third-order valence-electron chi connectivity index (χ3n) is 3.89.